The Labute approximate surface area is 124 Å². The molecule has 0 saturated carbocycles. The fraction of sp³-hybridized carbons (Fsp3) is 0.538. The molecule has 0 aliphatic carbocycles. The van der Waals surface area contributed by atoms with Gasteiger partial charge in [0.15, 0.2) is 0 Å². The van der Waals surface area contributed by atoms with E-state index in [1.165, 1.54) is 0 Å². The van der Waals surface area contributed by atoms with E-state index in [4.69, 9.17) is 0 Å². The van der Waals surface area contributed by atoms with E-state index in [2.05, 4.69) is 29.4 Å². The van der Waals surface area contributed by atoms with Gasteiger partial charge in [-0.05, 0) is 13.8 Å². The Morgan fingerprint density at radius 2 is 1.80 bits per heavy atom. The quantitative estimate of drug-likeness (QED) is 0.854. The second-order valence-corrected chi connectivity index (χ2v) is 4.83. The Morgan fingerprint density at radius 3 is 2.40 bits per heavy atom. The molecule has 2 heterocycles. The summed E-state index contributed by atoms with van der Waals surface area (Å²) in [6.07, 6.45) is 7.55. The number of nitrogens with zero attached hydrogens (tertiary/aromatic N) is 4. The van der Waals surface area contributed by atoms with Crippen LogP contribution in [0.25, 0.3) is 0 Å². The first-order valence-electron chi connectivity index (χ1n) is 6.50. The summed E-state index contributed by atoms with van der Waals surface area (Å²) in [4.78, 5) is 0. The monoisotopic (exact) mass is 301 g/mol. The van der Waals surface area contributed by atoms with Crippen molar-refractivity contribution in [3.05, 3.63) is 35.9 Å². The SMILES string of the molecule is CC(C)n1cc(CNCc2cnn(CCF)c2)cn1.Cl. The van der Waals surface area contributed by atoms with Crippen molar-refractivity contribution < 1.29 is 4.39 Å². The molecule has 0 unspecified atom stereocenters. The molecular formula is C13H21ClFN5. The van der Waals surface area contributed by atoms with E-state index in [9.17, 15) is 4.39 Å². The van der Waals surface area contributed by atoms with E-state index in [0.717, 1.165) is 24.2 Å². The van der Waals surface area contributed by atoms with Gasteiger partial charge in [-0.15, -0.1) is 12.4 Å². The third-order valence-electron chi connectivity index (χ3n) is 2.84. The van der Waals surface area contributed by atoms with Crippen LogP contribution in [0.2, 0.25) is 0 Å². The van der Waals surface area contributed by atoms with Crippen molar-refractivity contribution in [2.24, 2.45) is 0 Å². The second kappa shape index (κ2) is 8.01. The number of hydrogen-bond acceptors (Lipinski definition) is 3. The molecule has 1 N–H and O–H groups in total. The lowest BCUT2D eigenvalue weighted by Crippen LogP contribution is -2.12. The molecule has 112 valence electrons. The molecule has 0 aliphatic rings. The molecule has 7 heteroatoms. The van der Waals surface area contributed by atoms with Gasteiger partial charge in [-0.25, -0.2) is 4.39 Å². The van der Waals surface area contributed by atoms with Gasteiger partial charge >= 0.3 is 0 Å². The maximum atomic E-state index is 12.1. The van der Waals surface area contributed by atoms with E-state index in [-0.39, 0.29) is 19.1 Å². The lowest BCUT2D eigenvalue weighted by molar-refractivity contribution is 0.427. The molecule has 0 radical (unpaired) electrons. The molecule has 2 aromatic heterocycles. The highest BCUT2D eigenvalue weighted by atomic mass is 35.5. The molecule has 0 atom stereocenters. The summed E-state index contributed by atoms with van der Waals surface area (Å²) in [5.41, 5.74) is 2.22. The minimum Gasteiger partial charge on any atom is -0.308 e. The predicted molar refractivity (Wildman–Crippen MR) is 78.6 cm³/mol. The minimum absolute atomic E-state index is 0. The van der Waals surface area contributed by atoms with E-state index in [1.807, 2.05) is 23.3 Å². The third kappa shape index (κ3) is 4.61. The second-order valence-electron chi connectivity index (χ2n) is 4.83. The Balaban J connectivity index is 0.00000200. The molecule has 5 nitrogen and oxygen atoms in total. The highest BCUT2D eigenvalue weighted by Gasteiger charge is 2.02. The van der Waals surface area contributed by atoms with Crippen LogP contribution in [-0.4, -0.2) is 26.2 Å². The van der Waals surface area contributed by atoms with E-state index in [0.29, 0.717) is 12.6 Å². The molecule has 0 bridgehead atoms. The number of hydrogen-bond donors (Lipinski definition) is 1. The molecule has 0 aliphatic heterocycles. The van der Waals surface area contributed by atoms with Gasteiger partial charge in [-0.1, -0.05) is 0 Å². The van der Waals surface area contributed by atoms with Crippen LogP contribution in [0.4, 0.5) is 4.39 Å². The topological polar surface area (TPSA) is 47.7 Å². The summed E-state index contributed by atoms with van der Waals surface area (Å²) >= 11 is 0. The van der Waals surface area contributed by atoms with Gasteiger partial charge in [-0.2, -0.15) is 10.2 Å². The lowest BCUT2D eigenvalue weighted by atomic mass is 10.3. The van der Waals surface area contributed by atoms with E-state index >= 15 is 0 Å². The molecule has 20 heavy (non-hydrogen) atoms. The fourth-order valence-electron chi connectivity index (χ4n) is 1.81. The zero-order valence-corrected chi connectivity index (χ0v) is 12.6. The number of nitrogens with one attached hydrogen (secondary N) is 1. The Hall–Kier alpha value is -1.40. The van der Waals surface area contributed by atoms with Crippen molar-refractivity contribution in [1.29, 1.82) is 0 Å². The number of aromatic nitrogens is 4. The normalized spacial score (nSPS) is 10.8. The third-order valence-corrected chi connectivity index (χ3v) is 2.84. The zero-order chi connectivity index (χ0) is 13.7. The molecule has 0 saturated heterocycles. The average Bonchev–Trinajstić information content (AvgIpc) is 2.99. The first-order valence-corrected chi connectivity index (χ1v) is 6.50. The lowest BCUT2D eigenvalue weighted by Gasteiger charge is -2.03. The van der Waals surface area contributed by atoms with Gasteiger partial charge in [0.1, 0.15) is 6.67 Å². The molecular weight excluding hydrogens is 281 g/mol. The standard InChI is InChI=1S/C13H20FN5.ClH/c1-11(2)19-10-13(8-17-19)6-15-5-12-7-16-18(9-12)4-3-14;/h7-11,15H,3-6H2,1-2H3;1H. The molecule has 0 aromatic carbocycles. The van der Waals surface area contributed by atoms with Crippen molar-refractivity contribution in [2.45, 2.75) is 39.5 Å². The summed E-state index contributed by atoms with van der Waals surface area (Å²) in [5, 5.41) is 11.7. The first kappa shape index (κ1) is 16.7. The minimum atomic E-state index is -0.386. The van der Waals surface area contributed by atoms with Crippen LogP contribution in [0.5, 0.6) is 0 Å². The summed E-state index contributed by atoms with van der Waals surface area (Å²) in [6, 6.07) is 0.382. The average molecular weight is 302 g/mol. The zero-order valence-electron chi connectivity index (χ0n) is 11.8. The summed E-state index contributed by atoms with van der Waals surface area (Å²) in [6.45, 7) is 5.62. The summed E-state index contributed by atoms with van der Waals surface area (Å²) in [7, 11) is 0. The van der Waals surface area contributed by atoms with Crippen LogP contribution in [0.15, 0.2) is 24.8 Å². The van der Waals surface area contributed by atoms with E-state index in [1.54, 1.807) is 10.9 Å². The molecule has 0 fully saturated rings. The van der Waals surface area contributed by atoms with Crippen molar-refractivity contribution in [3.63, 3.8) is 0 Å². The van der Waals surface area contributed by atoms with Gasteiger partial charge in [0.25, 0.3) is 0 Å². The van der Waals surface area contributed by atoms with Crippen LogP contribution < -0.4 is 5.32 Å². The maximum absolute atomic E-state index is 12.1. The number of rotatable bonds is 7. The Kier molecular flexibility index (Phi) is 6.67. The van der Waals surface area contributed by atoms with E-state index < -0.39 is 0 Å². The molecule has 2 aromatic rings. The summed E-state index contributed by atoms with van der Waals surface area (Å²) in [5.74, 6) is 0. The van der Waals surface area contributed by atoms with Crippen molar-refractivity contribution in [2.75, 3.05) is 6.67 Å². The van der Waals surface area contributed by atoms with Gasteiger partial charge in [0.2, 0.25) is 0 Å². The fourth-order valence-corrected chi connectivity index (χ4v) is 1.81. The number of alkyl halides is 1. The van der Waals surface area contributed by atoms with Crippen LogP contribution in [0.3, 0.4) is 0 Å². The molecule has 0 spiro atoms. The van der Waals surface area contributed by atoms with Crippen LogP contribution in [-0.2, 0) is 19.6 Å². The molecule has 0 amide bonds. The first-order chi connectivity index (χ1) is 9.19. The Bertz CT molecular complexity index is 508. The van der Waals surface area contributed by atoms with Crippen LogP contribution in [0.1, 0.15) is 31.0 Å². The highest BCUT2D eigenvalue weighted by Crippen LogP contribution is 2.05. The largest absolute Gasteiger partial charge is 0.308 e. The number of aryl methyl sites for hydroxylation is 1. The van der Waals surface area contributed by atoms with Crippen LogP contribution in [0, 0.1) is 0 Å². The van der Waals surface area contributed by atoms with Gasteiger partial charge < -0.3 is 5.32 Å². The predicted octanol–water partition coefficient (Wildman–Crippen LogP) is 2.34. The van der Waals surface area contributed by atoms with Gasteiger partial charge in [0.05, 0.1) is 18.9 Å². The van der Waals surface area contributed by atoms with Crippen molar-refractivity contribution in [3.8, 4) is 0 Å². The Morgan fingerprint density at radius 1 is 1.15 bits per heavy atom. The van der Waals surface area contributed by atoms with Crippen LogP contribution >= 0.6 is 12.4 Å². The summed E-state index contributed by atoms with van der Waals surface area (Å²) < 4.78 is 15.7. The highest BCUT2D eigenvalue weighted by molar-refractivity contribution is 5.85. The smallest absolute Gasteiger partial charge is 0.109 e. The van der Waals surface area contributed by atoms with Gasteiger partial charge in [0, 0.05) is 42.7 Å². The van der Waals surface area contributed by atoms with Crippen molar-refractivity contribution >= 4 is 12.4 Å². The maximum Gasteiger partial charge on any atom is 0.109 e. The molecule has 2 rings (SSSR count). The van der Waals surface area contributed by atoms with Gasteiger partial charge in [-0.3, -0.25) is 9.36 Å². The van der Waals surface area contributed by atoms with Crippen molar-refractivity contribution in [1.82, 2.24) is 24.9 Å². The number of halogens is 2.